The van der Waals surface area contributed by atoms with E-state index >= 15 is 0 Å². The van der Waals surface area contributed by atoms with E-state index < -0.39 is 11.2 Å². The van der Waals surface area contributed by atoms with Gasteiger partial charge >= 0.3 is 5.69 Å². The number of hydrogen-bond acceptors (Lipinski definition) is 4. The molecule has 2 heterocycles. The molecule has 7 heteroatoms. The zero-order valence-corrected chi connectivity index (χ0v) is 11.4. The predicted molar refractivity (Wildman–Crippen MR) is 73.4 cm³/mol. The number of aromatic nitrogens is 2. The molecule has 0 unspecified atom stereocenters. The van der Waals surface area contributed by atoms with Gasteiger partial charge in [0, 0.05) is 6.07 Å². The molecule has 0 fully saturated rings. The fourth-order valence-corrected chi connectivity index (χ4v) is 2.16. The van der Waals surface area contributed by atoms with Crippen LogP contribution in [0, 0.1) is 6.92 Å². The molecule has 0 saturated heterocycles. The molecule has 3 rings (SSSR count). The van der Waals surface area contributed by atoms with Crippen molar-refractivity contribution < 1.29 is 9.47 Å². The summed E-state index contributed by atoms with van der Waals surface area (Å²) in [6, 6.07) is 4.88. The third kappa shape index (κ3) is 1.98. The molecule has 0 bridgehead atoms. The van der Waals surface area contributed by atoms with Crippen LogP contribution >= 0.6 is 11.6 Å². The van der Waals surface area contributed by atoms with Crippen LogP contribution in [0.15, 0.2) is 27.8 Å². The number of H-pyrrole nitrogens is 1. The standard InChI is InChI=1S/C13H11ClN2O4/c1-7-11(14)15-13(18)16(12(7)17)8-2-3-9-10(6-8)20-5-4-19-9/h2-3,6H,4-5H2,1H3,(H,15,18). The van der Waals surface area contributed by atoms with Crippen molar-refractivity contribution in [3.63, 3.8) is 0 Å². The van der Waals surface area contributed by atoms with Gasteiger partial charge in [-0.2, -0.15) is 0 Å². The Bertz CT molecular complexity index is 794. The molecule has 1 aliphatic heterocycles. The summed E-state index contributed by atoms with van der Waals surface area (Å²) in [5.41, 5.74) is -0.376. The zero-order chi connectivity index (χ0) is 14.3. The van der Waals surface area contributed by atoms with Gasteiger partial charge < -0.3 is 9.47 Å². The highest BCUT2D eigenvalue weighted by Crippen LogP contribution is 2.31. The third-order valence-electron chi connectivity index (χ3n) is 3.06. The SMILES string of the molecule is Cc1c(Cl)[nH]c(=O)n(-c2ccc3c(c2)OCCO3)c1=O. The number of rotatable bonds is 1. The van der Waals surface area contributed by atoms with Crippen LogP contribution in [0.1, 0.15) is 5.56 Å². The molecule has 0 amide bonds. The Balaban J connectivity index is 2.22. The van der Waals surface area contributed by atoms with Gasteiger partial charge in [0.2, 0.25) is 0 Å². The molecule has 104 valence electrons. The van der Waals surface area contributed by atoms with Gasteiger partial charge in [-0.3, -0.25) is 9.78 Å². The molecule has 20 heavy (non-hydrogen) atoms. The van der Waals surface area contributed by atoms with E-state index in [0.717, 1.165) is 4.57 Å². The molecule has 0 aliphatic carbocycles. The molecule has 1 aromatic heterocycles. The monoisotopic (exact) mass is 294 g/mol. The van der Waals surface area contributed by atoms with Crippen LogP contribution in [-0.2, 0) is 0 Å². The normalized spacial score (nSPS) is 13.3. The van der Waals surface area contributed by atoms with E-state index in [1.807, 2.05) is 0 Å². The lowest BCUT2D eigenvalue weighted by atomic mass is 10.2. The Kier molecular flexibility index (Phi) is 3.02. The highest BCUT2D eigenvalue weighted by atomic mass is 35.5. The number of benzene rings is 1. The number of hydrogen-bond donors (Lipinski definition) is 1. The molecule has 1 aromatic carbocycles. The maximum Gasteiger partial charge on any atom is 0.334 e. The maximum absolute atomic E-state index is 12.2. The van der Waals surface area contributed by atoms with Crippen LogP contribution in [-0.4, -0.2) is 22.8 Å². The van der Waals surface area contributed by atoms with E-state index in [0.29, 0.717) is 30.4 Å². The van der Waals surface area contributed by atoms with Gasteiger partial charge in [0.05, 0.1) is 11.3 Å². The van der Waals surface area contributed by atoms with Crippen molar-refractivity contribution in [2.75, 3.05) is 13.2 Å². The van der Waals surface area contributed by atoms with E-state index in [-0.39, 0.29) is 10.7 Å². The Morgan fingerprint density at radius 2 is 1.90 bits per heavy atom. The van der Waals surface area contributed by atoms with Crippen LogP contribution in [0.4, 0.5) is 0 Å². The summed E-state index contributed by atoms with van der Waals surface area (Å²) in [6.07, 6.45) is 0. The summed E-state index contributed by atoms with van der Waals surface area (Å²) in [6.45, 7) is 2.46. The summed E-state index contributed by atoms with van der Waals surface area (Å²) in [5.74, 6) is 1.10. The van der Waals surface area contributed by atoms with Crippen molar-refractivity contribution in [3.05, 3.63) is 49.8 Å². The van der Waals surface area contributed by atoms with Crippen LogP contribution in [0.3, 0.4) is 0 Å². The lowest BCUT2D eigenvalue weighted by molar-refractivity contribution is 0.171. The minimum atomic E-state index is -0.595. The molecule has 0 atom stereocenters. The molecule has 1 N–H and O–H groups in total. The lowest BCUT2D eigenvalue weighted by Crippen LogP contribution is -2.35. The summed E-state index contributed by atoms with van der Waals surface area (Å²) in [4.78, 5) is 26.5. The van der Waals surface area contributed by atoms with Gasteiger partial charge in [-0.05, 0) is 19.1 Å². The smallest absolute Gasteiger partial charge is 0.334 e. The maximum atomic E-state index is 12.2. The number of nitrogens with zero attached hydrogens (tertiary/aromatic N) is 1. The van der Waals surface area contributed by atoms with E-state index in [9.17, 15) is 9.59 Å². The van der Waals surface area contributed by atoms with Crippen LogP contribution in [0.2, 0.25) is 5.15 Å². The molecular weight excluding hydrogens is 284 g/mol. The Morgan fingerprint density at radius 3 is 2.65 bits per heavy atom. The van der Waals surface area contributed by atoms with Crippen LogP contribution in [0.25, 0.3) is 5.69 Å². The molecule has 2 aromatic rings. The first-order valence-electron chi connectivity index (χ1n) is 5.99. The van der Waals surface area contributed by atoms with Gasteiger partial charge in [0.25, 0.3) is 5.56 Å². The van der Waals surface area contributed by atoms with Gasteiger partial charge in [-0.25, -0.2) is 9.36 Å². The van der Waals surface area contributed by atoms with E-state index in [4.69, 9.17) is 21.1 Å². The van der Waals surface area contributed by atoms with Crippen molar-refractivity contribution >= 4 is 11.6 Å². The third-order valence-corrected chi connectivity index (χ3v) is 3.43. The van der Waals surface area contributed by atoms with Crippen molar-refractivity contribution in [1.29, 1.82) is 0 Å². The largest absolute Gasteiger partial charge is 0.486 e. The van der Waals surface area contributed by atoms with Crippen molar-refractivity contribution in [2.24, 2.45) is 0 Å². The Hall–Kier alpha value is -2.21. The van der Waals surface area contributed by atoms with Crippen molar-refractivity contribution in [3.8, 4) is 17.2 Å². The Labute approximate surface area is 118 Å². The first-order chi connectivity index (χ1) is 9.58. The van der Waals surface area contributed by atoms with E-state index in [2.05, 4.69) is 4.98 Å². The minimum absolute atomic E-state index is 0.0498. The molecule has 0 spiro atoms. The number of nitrogens with one attached hydrogen (secondary N) is 1. The van der Waals surface area contributed by atoms with Crippen LogP contribution in [0.5, 0.6) is 11.5 Å². The predicted octanol–water partition coefficient (Wildman–Crippen LogP) is 1.26. The molecule has 6 nitrogen and oxygen atoms in total. The van der Waals surface area contributed by atoms with Gasteiger partial charge in [0.1, 0.15) is 18.4 Å². The van der Waals surface area contributed by atoms with Crippen molar-refractivity contribution in [2.45, 2.75) is 6.92 Å². The Morgan fingerprint density at radius 1 is 1.20 bits per heavy atom. The zero-order valence-electron chi connectivity index (χ0n) is 10.6. The van der Waals surface area contributed by atoms with E-state index in [1.54, 1.807) is 25.1 Å². The fraction of sp³-hybridized carbons (Fsp3) is 0.231. The summed E-state index contributed by atoms with van der Waals surface area (Å²) >= 11 is 5.78. The van der Waals surface area contributed by atoms with Gasteiger partial charge in [-0.15, -0.1) is 0 Å². The number of ether oxygens (including phenoxy) is 2. The average molecular weight is 295 g/mol. The topological polar surface area (TPSA) is 73.3 Å². The quantitative estimate of drug-likeness (QED) is 0.804. The minimum Gasteiger partial charge on any atom is -0.486 e. The highest BCUT2D eigenvalue weighted by Gasteiger charge is 2.15. The van der Waals surface area contributed by atoms with Gasteiger partial charge in [0.15, 0.2) is 11.5 Å². The number of halogens is 1. The lowest BCUT2D eigenvalue weighted by Gasteiger charge is -2.19. The summed E-state index contributed by atoms with van der Waals surface area (Å²) in [5, 5.41) is 0.0498. The molecule has 0 radical (unpaired) electrons. The summed E-state index contributed by atoms with van der Waals surface area (Å²) in [7, 11) is 0. The number of aromatic amines is 1. The summed E-state index contributed by atoms with van der Waals surface area (Å²) < 4.78 is 11.9. The van der Waals surface area contributed by atoms with Crippen LogP contribution < -0.4 is 20.7 Å². The highest BCUT2D eigenvalue weighted by molar-refractivity contribution is 6.30. The number of fused-ring (bicyclic) bond motifs is 1. The second-order valence-corrected chi connectivity index (χ2v) is 4.72. The molecule has 1 aliphatic rings. The average Bonchev–Trinajstić information content (AvgIpc) is 2.45. The second-order valence-electron chi connectivity index (χ2n) is 4.34. The van der Waals surface area contributed by atoms with E-state index in [1.165, 1.54) is 0 Å². The second kappa shape index (κ2) is 4.72. The molecule has 0 saturated carbocycles. The fourth-order valence-electron chi connectivity index (χ4n) is 2.00. The first kappa shape index (κ1) is 12.8. The first-order valence-corrected chi connectivity index (χ1v) is 6.37. The van der Waals surface area contributed by atoms with Gasteiger partial charge in [-0.1, -0.05) is 11.6 Å². The van der Waals surface area contributed by atoms with Crippen molar-refractivity contribution in [1.82, 2.24) is 9.55 Å². The molecular formula is C13H11ClN2O4.